The van der Waals surface area contributed by atoms with Crippen LogP contribution in [-0.2, 0) is 19.1 Å². The highest BCUT2D eigenvalue weighted by atomic mass is 16.5. The molecule has 0 aliphatic carbocycles. The van der Waals surface area contributed by atoms with Crippen molar-refractivity contribution >= 4 is 34.2 Å². The largest absolute Gasteiger partial charge is 0.378 e. The highest BCUT2D eigenvalue weighted by molar-refractivity contribution is 6.03. The number of carbonyl (C=O) groups excluding carboxylic acids is 2. The SMILES string of the molecule is CO[C@@]1(C2=NC(n3cc(C4CN(C(C)=O)C4)c4cnc(NC(C)=O)cc43)CC(C)=C2)CCOC1. The van der Waals surface area contributed by atoms with Gasteiger partial charge in [-0.3, -0.25) is 14.6 Å². The molecule has 0 spiro atoms. The summed E-state index contributed by atoms with van der Waals surface area (Å²) < 4.78 is 13.8. The minimum atomic E-state index is -0.523. The van der Waals surface area contributed by atoms with E-state index in [0.29, 0.717) is 32.1 Å². The van der Waals surface area contributed by atoms with Gasteiger partial charge >= 0.3 is 0 Å². The first-order valence-corrected chi connectivity index (χ1v) is 11.7. The number of pyridine rings is 1. The van der Waals surface area contributed by atoms with E-state index in [2.05, 4.69) is 34.1 Å². The Labute approximate surface area is 198 Å². The van der Waals surface area contributed by atoms with Gasteiger partial charge in [-0.2, -0.15) is 0 Å². The molecule has 3 aliphatic heterocycles. The van der Waals surface area contributed by atoms with Crippen molar-refractivity contribution < 1.29 is 19.1 Å². The van der Waals surface area contributed by atoms with Crippen molar-refractivity contribution in [1.82, 2.24) is 14.5 Å². The first-order valence-electron chi connectivity index (χ1n) is 11.7. The van der Waals surface area contributed by atoms with Crippen LogP contribution in [0.2, 0.25) is 0 Å². The normalized spacial score (nSPS) is 25.2. The van der Waals surface area contributed by atoms with Crippen LogP contribution in [0.4, 0.5) is 5.82 Å². The van der Waals surface area contributed by atoms with Gasteiger partial charge in [0.2, 0.25) is 11.8 Å². The molecule has 34 heavy (non-hydrogen) atoms. The second-order valence-corrected chi connectivity index (χ2v) is 9.57. The molecule has 3 aliphatic rings. The molecule has 1 unspecified atom stereocenters. The Hall–Kier alpha value is -3.04. The van der Waals surface area contributed by atoms with Crippen molar-refractivity contribution in [3.63, 3.8) is 0 Å². The Bertz CT molecular complexity index is 1200. The average molecular weight is 466 g/mol. The van der Waals surface area contributed by atoms with E-state index < -0.39 is 5.60 Å². The number of methoxy groups -OCH3 is 1. The predicted octanol–water partition coefficient (Wildman–Crippen LogP) is 3.04. The standard InChI is InChI=1S/C25H31N5O4/c1-15-7-22(25(33-4)5-6-34-14-25)28-24(8-15)30-13-20(18-11-29(12-18)17(3)32)19-10-26-23(9-21(19)30)27-16(2)31/h7,9-10,13,18,24H,5-6,8,11-12,14H2,1-4H3,(H,26,27,31)/t24?,25-/m0/s1. The topological polar surface area (TPSA) is 98.0 Å². The molecule has 2 aromatic rings. The number of ether oxygens (including phenoxy) is 2. The number of fused-ring (bicyclic) bond motifs is 1. The van der Waals surface area contributed by atoms with Gasteiger partial charge in [-0.15, -0.1) is 0 Å². The van der Waals surface area contributed by atoms with E-state index in [1.807, 2.05) is 17.2 Å². The van der Waals surface area contributed by atoms with Crippen LogP contribution >= 0.6 is 0 Å². The average Bonchev–Trinajstić information content (AvgIpc) is 3.37. The summed E-state index contributed by atoms with van der Waals surface area (Å²) in [7, 11) is 1.72. The molecule has 2 amide bonds. The fourth-order valence-electron chi connectivity index (χ4n) is 5.17. The van der Waals surface area contributed by atoms with Crippen molar-refractivity contribution in [2.24, 2.45) is 4.99 Å². The number of likely N-dealkylation sites (tertiary alicyclic amines) is 1. The smallest absolute Gasteiger partial charge is 0.222 e. The van der Waals surface area contributed by atoms with Gasteiger partial charge in [-0.25, -0.2) is 4.98 Å². The Morgan fingerprint density at radius 2 is 2.09 bits per heavy atom. The van der Waals surface area contributed by atoms with E-state index >= 15 is 0 Å². The number of hydrogen-bond acceptors (Lipinski definition) is 6. The molecule has 0 saturated carbocycles. The quantitative estimate of drug-likeness (QED) is 0.732. The number of aromatic nitrogens is 2. The molecule has 2 aromatic heterocycles. The second kappa shape index (κ2) is 8.63. The van der Waals surface area contributed by atoms with Crippen LogP contribution in [0.15, 0.2) is 35.1 Å². The molecule has 0 radical (unpaired) electrons. The third-order valence-corrected chi connectivity index (χ3v) is 7.16. The third kappa shape index (κ3) is 3.92. The van der Waals surface area contributed by atoms with Gasteiger partial charge in [-0.1, -0.05) is 5.57 Å². The molecule has 5 rings (SSSR count). The lowest BCUT2D eigenvalue weighted by molar-refractivity contribution is -0.133. The van der Waals surface area contributed by atoms with Crippen LogP contribution < -0.4 is 5.32 Å². The van der Waals surface area contributed by atoms with Gasteiger partial charge < -0.3 is 24.3 Å². The molecule has 180 valence electrons. The van der Waals surface area contributed by atoms with Crippen molar-refractivity contribution in [1.29, 1.82) is 0 Å². The van der Waals surface area contributed by atoms with Crippen LogP contribution in [0, 0.1) is 0 Å². The lowest BCUT2D eigenvalue weighted by atomic mass is 9.91. The lowest BCUT2D eigenvalue weighted by Gasteiger charge is -2.38. The highest BCUT2D eigenvalue weighted by Gasteiger charge is 2.41. The summed E-state index contributed by atoms with van der Waals surface area (Å²) in [6, 6.07) is 1.91. The van der Waals surface area contributed by atoms with E-state index in [1.165, 1.54) is 12.5 Å². The molecular weight excluding hydrogens is 434 g/mol. The molecular formula is C25H31N5O4. The molecule has 0 bridgehead atoms. The fraction of sp³-hybridized carbons (Fsp3) is 0.520. The summed E-state index contributed by atoms with van der Waals surface area (Å²) in [6.45, 7) is 7.74. The Morgan fingerprint density at radius 3 is 2.74 bits per heavy atom. The maximum absolute atomic E-state index is 11.7. The minimum absolute atomic E-state index is 0.0944. The van der Waals surface area contributed by atoms with Gasteiger partial charge in [0.25, 0.3) is 0 Å². The van der Waals surface area contributed by atoms with Gasteiger partial charge in [0, 0.05) is 83.3 Å². The Kier molecular flexibility index (Phi) is 5.77. The summed E-state index contributed by atoms with van der Waals surface area (Å²) in [5.41, 5.74) is 3.73. The van der Waals surface area contributed by atoms with Gasteiger partial charge in [0.1, 0.15) is 17.6 Å². The van der Waals surface area contributed by atoms with Gasteiger partial charge in [0.05, 0.1) is 17.8 Å². The molecule has 5 heterocycles. The molecule has 1 N–H and O–H groups in total. The summed E-state index contributed by atoms with van der Waals surface area (Å²) in [4.78, 5) is 34.9. The molecule has 9 nitrogen and oxygen atoms in total. The summed E-state index contributed by atoms with van der Waals surface area (Å²) in [5, 5.41) is 3.82. The number of rotatable bonds is 5. The lowest BCUT2D eigenvalue weighted by Crippen LogP contribution is -2.47. The van der Waals surface area contributed by atoms with Crippen LogP contribution in [-0.4, -0.2) is 71.0 Å². The van der Waals surface area contributed by atoms with E-state index in [9.17, 15) is 9.59 Å². The predicted molar refractivity (Wildman–Crippen MR) is 129 cm³/mol. The number of anilines is 1. The third-order valence-electron chi connectivity index (χ3n) is 7.16. The minimum Gasteiger partial charge on any atom is -0.378 e. The van der Waals surface area contributed by atoms with Crippen molar-refractivity contribution in [3.8, 4) is 0 Å². The summed E-state index contributed by atoms with van der Waals surface area (Å²) in [5.74, 6) is 0.686. The number of aliphatic imine (C=N–C) groups is 1. The number of nitrogens with zero attached hydrogens (tertiary/aromatic N) is 4. The Balaban J connectivity index is 1.58. The van der Waals surface area contributed by atoms with Crippen LogP contribution in [0.5, 0.6) is 0 Å². The van der Waals surface area contributed by atoms with Crippen LogP contribution in [0.25, 0.3) is 10.9 Å². The van der Waals surface area contributed by atoms with E-state index in [-0.39, 0.29) is 23.9 Å². The van der Waals surface area contributed by atoms with Crippen molar-refractivity contribution in [3.05, 3.63) is 35.7 Å². The molecule has 2 saturated heterocycles. The van der Waals surface area contributed by atoms with Gasteiger partial charge in [0.15, 0.2) is 0 Å². The maximum Gasteiger partial charge on any atom is 0.222 e. The summed E-state index contributed by atoms with van der Waals surface area (Å²) >= 11 is 0. The molecule has 2 atom stereocenters. The molecule has 2 fully saturated rings. The van der Waals surface area contributed by atoms with Crippen molar-refractivity contribution in [2.45, 2.75) is 51.3 Å². The van der Waals surface area contributed by atoms with Crippen LogP contribution in [0.3, 0.4) is 0 Å². The zero-order valence-corrected chi connectivity index (χ0v) is 20.1. The monoisotopic (exact) mass is 465 g/mol. The maximum atomic E-state index is 11.7. The zero-order valence-electron chi connectivity index (χ0n) is 20.1. The number of amides is 2. The molecule has 0 aromatic carbocycles. The fourth-order valence-corrected chi connectivity index (χ4v) is 5.17. The number of dihydropyridines is 1. The second-order valence-electron chi connectivity index (χ2n) is 9.57. The zero-order chi connectivity index (χ0) is 24.0. The Morgan fingerprint density at radius 1 is 1.29 bits per heavy atom. The number of nitrogens with one attached hydrogen (secondary N) is 1. The highest BCUT2D eigenvalue weighted by Crippen LogP contribution is 2.39. The van der Waals surface area contributed by atoms with Gasteiger partial charge in [-0.05, 0) is 18.6 Å². The van der Waals surface area contributed by atoms with Crippen molar-refractivity contribution in [2.75, 3.05) is 38.7 Å². The van der Waals surface area contributed by atoms with E-state index in [1.54, 1.807) is 14.0 Å². The summed E-state index contributed by atoms with van der Waals surface area (Å²) in [6.07, 6.45) is 7.50. The first-order chi connectivity index (χ1) is 16.3. The van der Waals surface area contributed by atoms with E-state index in [0.717, 1.165) is 35.0 Å². The van der Waals surface area contributed by atoms with Crippen LogP contribution in [0.1, 0.15) is 51.3 Å². The molecule has 9 heteroatoms. The van der Waals surface area contributed by atoms with E-state index in [4.69, 9.17) is 14.5 Å². The number of carbonyl (C=O) groups is 2. The first kappa shape index (κ1) is 22.7. The number of hydrogen-bond donors (Lipinski definition) is 1.